The molecule has 0 aliphatic carbocycles. The molecule has 0 unspecified atom stereocenters. The molecule has 0 N–H and O–H groups in total. The zero-order chi connectivity index (χ0) is 7.28. The molecular weight excluding hydrogens is 112 g/mol. The molecule has 0 amide bonds. The first kappa shape index (κ1) is 7.97. The lowest BCUT2D eigenvalue weighted by molar-refractivity contribution is -0.112. The summed E-state index contributed by atoms with van der Waals surface area (Å²) in [6.07, 6.45) is 1.37. The van der Waals surface area contributed by atoms with Gasteiger partial charge in [-0.2, -0.15) is 0 Å². The van der Waals surface area contributed by atoms with Crippen LogP contribution in [0.2, 0.25) is 0 Å². The van der Waals surface area contributed by atoms with Gasteiger partial charge in [0.25, 0.3) is 0 Å². The van der Waals surface area contributed by atoms with Crippen LogP contribution in [0, 0.1) is 0 Å². The molecule has 0 heterocycles. The first-order chi connectivity index (χ1) is 4.13. The van der Waals surface area contributed by atoms with Crippen LogP contribution in [0.25, 0.3) is 0 Å². The highest BCUT2D eigenvalue weighted by Gasteiger charge is 1.74. The van der Waals surface area contributed by atoms with E-state index in [1.807, 2.05) is 13.8 Å². The molecule has 1 nitrogen and oxygen atoms in total. The molecule has 0 saturated carbocycles. The SMILES string of the molecule is CC(=O)C=C=C=C(C)C. The molecule has 0 rings (SSSR count). The van der Waals surface area contributed by atoms with Gasteiger partial charge in [0.2, 0.25) is 0 Å². The van der Waals surface area contributed by atoms with Crippen LogP contribution in [-0.4, -0.2) is 5.78 Å². The van der Waals surface area contributed by atoms with Crippen molar-refractivity contribution in [2.75, 3.05) is 0 Å². The average Bonchev–Trinajstić information content (AvgIpc) is 1.63. The topological polar surface area (TPSA) is 17.1 Å². The molecule has 0 radical (unpaired) electrons. The van der Waals surface area contributed by atoms with Crippen LogP contribution in [0.3, 0.4) is 0 Å². The predicted molar refractivity (Wildman–Crippen MR) is 37.1 cm³/mol. The van der Waals surface area contributed by atoms with Gasteiger partial charge in [-0.05, 0) is 26.3 Å². The van der Waals surface area contributed by atoms with Crippen molar-refractivity contribution in [3.05, 3.63) is 23.1 Å². The van der Waals surface area contributed by atoms with Crippen LogP contribution in [0.4, 0.5) is 0 Å². The molecule has 0 spiro atoms. The number of allylic oxidation sites excluding steroid dienone is 2. The molecule has 0 aromatic heterocycles. The van der Waals surface area contributed by atoms with Gasteiger partial charge in [-0.25, -0.2) is 0 Å². The minimum atomic E-state index is 0.00347. The van der Waals surface area contributed by atoms with Crippen molar-refractivity contribution in [2.24, 2.45) is 0 Å². The van der Waals surface area contributed by atoms with E-state index in [0.717, 1.165) is 5.57 Å². The van der Waals surface area contributed by atoms with Crippen molar-refractivity contribution in [2.45, 2.75) is 20.8 Å². The molecule has 0 atom stereocenters. The maximum absolute atomic E-state index is 10.3. The Bertz CT molecular complexity index is 195. The summed E-state index contributed by atoms with van der Waals surface area (Å²) in [5.74, 6) is 0.00347. The molecular formula is C8H10O. The van der Waals surface area contributed by atoms with Crippen molar-refractivity contribution in [3.8, 4) is 0 Å². The van der Waals surface area contributed by atoms with E-state index in [0.29, 0.717) is 0 Å². The second kappa shape index (κ2) is 3.91. The zero-order valence-electron chi connectivity index (χ0n) is 5.99. The lowest BCUT2D eigenvalue weighted by Crippen LogP contribution is -1.75. The normalized spacial score (nSPS) is 7.00. The van der Waals surface area contributed by atoms with E-state index in [1.165, 1.54) is 13.0 Å². The van der Waals surface area contributed by atoms with Gasteiger partial charge >= 0.3 is 0 Å². The number of carbonyl (C=O) groups is 1. The van der Waals surface area contributed by atoms with E-state index in [1.54, 1.807) is 0 Å². The van der Waals surface area contributed by atoms with Gasteiger partial charge in [-0.3, -0.25) is 4.79 Å². The van der Waals surface area contributed by atoms with Gasteiger partial charge < -0.3 is 0 Å². The first-order valence-corrected chi connectivity index (χ1v) is 2.78. The Morgan fingerprint density at radius 2 is 1.89 bits per heavy atom. The van der Waals surface area contributed by atoms with E-state index in [-0.39, 0.29) is 5.78 Å². The smallest absolute Gasteiger partial charge is 0.160 e. The minimum absolute atomic E-state index is 0.00347. The van der Waals surface area contributed by atoms with Crippen LogP contribution in [0.5, 0.6) is 0 Å². The fourth-order valence-electron chi connectivity index (χ4n) is 0.282. The maximum Gasteiger partial charge on any atom is 0.160 e. The third kappa shape index (κ3) is 6.97. The highest BCUT2D eigenvalue weighted by atomic mass is 16.1. The van der Waals surface area contributed by atoms with Crippen LogP contribution >= 0.6 is 0 Å². The van der Waals surface area contributed by atoms with E-state index >= 15 is 0 Å². The van der Waals surface area contributed by atoms with Gasteiger partial charge in [0, 0.05) is 6.08 Å². The molecule has 0 aromatic rings. The minimum Gasteiger partial charge on any atom is -0.294 e. The second-order valence-electron chi connectivity index (χ2n) is 2.02. The lowest BCUT2D eigenvalue weighted by atomic mass is 10.3. The van der Waals surface area contributed by atoms with E-state index in [4.69, 9.17) is 0 Å². The molecule has 0 saturated heterocycles. The van der Waals surface area contributed by atoms with Crippen LogP contribution in [-0.2, 0) is 4.79 Å². The number of rotatable bonds is 1. The first-order valence-electron chi connectivity index (χ1n) is 2.78. The van der Waals surface area contributed by atoms with Crippen molar-refractivity contribution in [1.29, 1.82) is 0 Å². The highest BCUT2D eigenvalue weighted by molar-refractivity contribution is 5.86. The number of hydrogen-bond acceptors (Lipinski definition) is 1. The summed E-state index contributed by atoms with van der Waals surface area (Å²) >= 11 is 0. The summed E-state index contributed by atoms with van der Waals surface area (Å²) in [5.41, 5.74) is 6.41. The molecule has 0 aliphatic heterocycles. The summed E-state index contributed by atoms with van der Waals surface area (Å²) in [5, 5.41) is 0. The lowest BCUT2D eigenvalue weighted by Gasteiger charge is -1.70. The fourth-order valence-corrected chi connectivity index (χ4v) is 0.282. The van der Waals surface area contributed by atoms with Gasteiger partial charge in [-0.1, -0.05) is 11.5 Å². The van der Waals surface area contributed by atoms with Crippen molar-refractivity contribution in [3.63, 3.8) is 0 Å². The van der Waals surface area contributed by atoms with Crippen LogP contribution in [0.1, 0.15) is 20.8 Å². The van der Waals surface area contributed by atoms with Gasteiger partial charge in [0.05, 0.1) is 0 Å². The summed E-state index contributed by atoms with van der Waals surface area (Å²) in [6, 6.07) is 0. The van der Waals surface area contributed by atoms with Crippen molar-refractivity contribution >= 4 is 5.78 Å². The Morgan fingerprint density at radius 1 is 1.33 bits per heavy atom. The van der Waals surface area contributed by atoms with Gasteiger partial charge in [0.15, 0.2) is 5.78 Å². The molecule has 48 valence electrons. The Labute approximate surface area is 55.4 Å². The average molecular weight is 122 g/mol. The van der Waals surface area contributed by atoms with Crippen molar-refractivity contribution in [1.82, 2.24) is 0 Å². The summed E-state index contributed by atoms with van der Waals surface area (Å²) in [4.78, 5) is 10.3. The van der Waals surface area contributed by atoms with Gasteiger partial charge in [0.1, 0.15) is 0 Å². The molecule has 0 aliphatic rings. The van der Waals surface area contributed by atoms with E-state index in [2.05, 4.69) is 11.5 Å². The molecule has 1 heteroatoms. The number of carbonyl (C=O) groups excluding carboxylic acids is 1. The summed E-state index contributed by atoms with van der Waals surface area (Å²) < 4.78 is 0. The Hall–Kier alpha value is -1.03. The largest absolute Gasteiger partial charge is 0.294 e. The quantitative estimate of drug-likeness (QED) is 0.383. The Kier molecular flexibility index (Phi) is 3.46. The molecule has 0 bridgehead atoms. The Balaban J connectivity index is 4.31. The molecule has 0 fully saturated rings. The third-order valence-corrected chi connectivity index (χ3v) is 0.598. The van der Waals surface area contributed by atoms with Crippen LogP contribution in [0.15, 0.2) is 23.1 Å². The number of hydrogen-bond donors (Lipinski definition) is 0. The summed E-state index contributed by atoms with van der Waals surface area (Å²) in [6.45, 7) is 5.29. The van der Waals surface area contributed by atoms with Crippen molar-refractivity contribution < 1.29 is 4.79 Å². The highest BCUT2D eigenvalue weighted by Crippen LogP contribution is 1.80. The fraction of sp³-hybridized carbons (Fsp3) is 0.375. The standard InChI is InChI=1S/C8H10O/c1-7(2)5-4-6-8(3)9/h6H,1-3H3. The summed E-state index contributed by atoms with van der Waals surface area (Å²) in [7, 11) is 0. The zero-order valence-corrected chi connectivity index (χ0v) is 5.99. The van der Waals surface area contributed by atoms with E-state index in [9.17, 15) is 4.79 Å². The maximum atomic E-state index is 10.3. The van der Waals surface area contributed by atoms with E-state index < -0.39 is 0 Å². The predicted octanol–water partition coefficient (Wildman–Crippen LogP) is 1.85. The monoisotopic (exact) mass is 122 g/mol. The van der Waals surface area contributed by atoms with Crippen LogP contribution < -0.4 is 0 Å². The third-order valence-electron chi connectivity index (χ3n) is 0.598. The Morgan fingerprint density at radius 3 is 2.22 bits per heavy atom. The van der Waals surface area contributed by atoms with Gasteiger partial charge in [-0.15, -0.1) is 0 Å². The number of ketones is 1. The second-order valence-corrected chi connectivity index (χ2v) is 2.02. The molecule has 0 aromatic carbocycles. The molecule has 9 heavy (non-hydrogen) atoms.